The summed E-state index contributed by atoms with van der Waals surface area (Å²) < 4.78 is 32.7. The van der Waals surface area contributed by atoms with Crippen LogP contribution in [0, 0.1) is 175 Å². The van der Waals surface area contributed by atoms with Crippen LogP contribution in [0.4, 0.5) is 0 Å². The first-order chi connectivity index (χ1) is 50.7. The lowest BCUT2D eigenvalue weighted by atomic mass is 9.63. The van der Waals surface area contributed by atoms with Crippen molar-refractivity contribution in [2.75, 3.05) is 27.4 Å². The number of fused-ring (bicyclic) bond motifs is 15. The largest absolute Gasteiger partial charge is 0.481 e. The lowest BCUT2D eigenvalue weighted by Gasteiger charge is -2.41. The first-order valence-corrected chi connectivity index (χ1v) is 44.9. The van der Waals surface area contributed by atoms with Gasteiger partial charge in [-0.1, -0.05) is 141 Å². The van der Waals surface area contributed by atoms with Crippen molar-refractivity contribution in [2.24, 2.45) is 175 Å². The Morgan fingerprint density at radius 1 is 0.346 bits per heavy atom. The van der Waals surface area contributed by atoms with Gasteiger partial charge in [-0.2, -0.15) is 0 Å². The number of ether oxygens (including phenoxy) is 6. The molecule has 0 aromatic rings. The SMILES string of the molecule is CCCC1CC(C)C2C3CC(C12)C(C)(C(=O)O)C3.CCCC1CC(C)C2C3CC(C12)C(C)(C(=O)OC)C3.CCCC1CC(C)C2C3CC(C12)C(C)(C(=O)OC1CCCCO1)C3.CCCC1CC(C)CC1(C)C(=O)O.CCCC1CC(C)CC1(C)C(=O)OC.CCCC1CC(C)CC1(C)C(=O)OC1CCCCO1. The molecule has 2 aliphatic heterocycles. The standard InChI is InChI=1S/C21H34O3.C17H28O2.C16H28O3.C16H26O2.C12H22O2.C11H20O2/c1-4-7-14-10-13(2)18-15-11-16(19(14)18)21(3,12-15)20(22)24-17-8-5-6-9-23-17;1-5-6-11-7-10(2)14-12-8-13(15(11)14)17(3,9-12)16(18)19-4;1-4-7-13-10-12(2)11-16(13,3)15(17)19-14-8-5-6-9-18-14;1-4-5-10-6-9(2)13-11-7-12(14(10)13)16(3,8-11)15(17)18;1-5-6-10-7-9(2)8-12(10,3)11(13)14-4;1-4-5-9-6-8(2)7-11(9,3)10(12)13/h13-19H,4-12H2,1-3H3;10-15H,5-9H2,1-4H3;12-14H,4-11H2,1-3H3;9-14H,4-8H2,1-3H3,(H,17,18);9-10H,5-8H2,1-4H3;8-9H,4-7H2,1-3H3,(H,12,13). The van der Waals surface area contributed by atoms with E-state index in [1.54, 1.807) is 7.11 Å². The van der Waals surface area contributed by atoms with E-state index in [0.717, 1.165) is 224 Å². The highest BCUT2D eigenvalue weighted by molar-refractivity contribution is 5.80. The van der Waals surface area contributed by atoms with Gasteiger partial charge in [-0.3, -0.25) is 28.8 Å². The molecule has 32 unspecified atom stereocenters. The van der Waals surface area contributed by atoms with Gasteiger partial charge in [-0.15, -0.1) is 0 Å². The van der Waals surface area contributed by atoms with Crippen LogP contribution in [0.25, 0.3) is 0 Å². The Kier molecular flexibility index (Phi) is 30.3. The smallest absolute Gasteiger partial charge is 0.314 e. The van der Waals surface area contributed by atoms with Crippen molar-refractivity contribution in [1.29, 1.82) is 0 Å². The number of hydrogen-bond acceptors (Lipinski definition) is 12. The van der Waals surface area contributed by atoms with E-state index in [1.807, 2.05) is 13.8 Å². The van der Waals surface area contributed by atoms with Gasteiger partial charge in [0.1, 0.15) is 0 Å². The monoisotopic (exact) mass is 1500 g/mol. The maximum atomic E-state index is 13.1. The van der Waals surface area contributed by atoms with Crippen molar-refractivity contribution in [3.8, 4) is 0 Å². The first-order valence-electron chi connectivity index (χ1n) is 44.9. The maximum absolute atomic E-state index is 13.1. The predicted molar refractivity (Wildman–Crippen MR) is 424 cm³/mol. The van der Waals surface area contributed by atoms with Crippen LogP contribution in [0.5, 0.6) is 0 Å². The van der Waals surface area contributed by atoms with Gasteiger partial charge in [-0.05, 0) is 325 Å². The van der Waals surface area contributed by atoms with E-state index < -0.39 is 22.8 Å². The number of carbonyl (C=O) groups excluding carboxylic acids is 4. The number of carboxylic acids is 2. The Hall–Kier alpha value is -3.26. The van der Waals surface area contributed by atoms with Crippen molar-refractivity contribution < 1.29 is 67.4 Å². The molecule has 2 saturated heterocycles. The molecule has 107 heavy (non-hydrogen) atoms. The van der Waals surface area contributed by atoms with Crippen LogP contribution in [0.2, 0.25) is 0 Å². The van der Waals surface area contributed by atoms with Crippen LogP contribution in [0.3, 0.4) is 0 Å². The highest BCUT2D eigenvalue weighted by Crippen LogP contribution is 2.72. The lowest BCUT2D eigenvalue weighted by molar-refractivity contribution is -0.201. The molecule has 32 atom stereocenters. The molecule has 0 radical (unpaired) electrons. The molecule has 2 heterocycles. The molecule has 12 aliphatic carbocycles. The van der Waals surface area contributed by atoms with Gasteiger partial charge in [-0.25, -0.2) is 0 Å². The number of esters is 4. The van der Waals surface area contributed by atoms with Gasteiger partial charge in [0.2, 0.25) is 12.6 Å². The van der Waals surface area contributed by atoms with Crippen LogP contribution in [-0.4, -0.2) is 86.0 Å². The van der Waals surface area contributed by atoms with Crippen molar-refractivity contribution >= 4 is 35.8 Å². The van der Waals surface area contributed by atoms with Crippen LogP contribution in [-0.2, 0) is 57.2 Å². The maximum Gasteiger partial charge on any atom is 0.314 e. The van der Waals surface area contributed by atoms with Gasteiger partial charge >= 0.3 is 35.8 Å². The fourth-order valence-corrected chi connectivity index (χ4v) is 28.9. The van der Waals surface area contributed by atoms with Gasteiger partial charge in [0.15, 0.2) is 0 Å². The Morgan fingerprint density at radius 3 is 0.953 bits per heavy atom. The van der Waals surface area contributed by atoms with Crippen molar-refractivity contribution in [2.45, 2.75) is 349 Å². The summed E-state index contributed by atoms with van der Waals surface area (Å²) in [5, 5.41) is 18.8. The molecule has 12 saturated carbocycles. The first kappa shape index (κ1) is 87.7. The lowest BCUT2D eigenvalue weighted by Crippen LogP contribution is -2.44. The third kappa shape index (κ3) is 18.0. The molecule has 14 heteroatoms. The molecule has 6 bridgehead atoms. The molecule has 614 valence electrons. The van der Waals surface area contributed by atoms with Crippen molar-refractivity contribution in [3.63, 3.8) is 0 Å². The summed E-state index contributed by atoms with van der Waals surface area (Å²) in [6.07, 6.45) is 37.3. The molecule has 14 aliphatic rings. The second kappa shape index (κ2) is 36.9. The molecular formula is C93H158O14. The molecular weight excluding hydrogens is 1340 g/mol. The Labute approximate surface area is 651 Å². The molecule has 0 aromatic carbocycles. The zero-order valence-corrected chi connectivity index (χ0v) is 71.6. The minimum atomic E-state index is -0.602. The van der Waals surface area contributed by atoms with Crippen LogP contribution >= 0.6 is 0 Å². The number of methoxy groups -OCH3 is 2. The van der Waals surface area contributed by atoms with Crippen molar-refractivity contribution in [1.82, 2.24) is 0 Å². The average Bonchev–Trinajstić information content (AvgIpc) is 1.56. The van der Waals surface area contributed by atoms with E-state index in [1.165, 1.54) is 90.6 Å². The zero-order chi connectivity index (χ0) is 78.5. The molecule has 0 aromatic heterocycles. The van der Waals surface area contributed by atoms with E-state index >= 15 is 0 Å². The Bertz CT molecular complexity index is 2920. The average molecular weight is 1500 g/mol. The van der Waals surface area contributed by atoms with E-state index in [2.05, 4.69) is 111 Å². The third-order valence-corrected chi connectivity index (χ3v) is 33.1. The highest BCUT2D eigenvalue weighted by Gasteiger charge is 2.69. The molecule has 14 fully saturated rings. The van der Waals surface area contributed by atoms with Crippen molar-refractivity contribution in [3.05, 3.63) is 0 Å². The minimum absolute atomic E-state index is 0.0136. The summed E-state index contributed by atoms with van der Waals surface area (Å²) in [7, 11) is 3.05. The van der Waals surface area contributed by atoms with Gasteiger partial charge in [0.05, 0.1) is 59.9 Å². The molecule has 2 N–H and O–H groups in total. The zero-order valence-electron chi connectivity index (χ0n) is 71.6. The third-order valence-electron chi connectivity index (χ3n) is 33.1. The second-order valence-electron chi connectivity index (χ2n) is 40.8. The number of aliphatic carboxylic acids is 2. The van der Waals surface area contributed by atoms with Gasteiger partial charge < -0.3 is 38.6 Å². The Morgan fingerprint density at radius 2 is 0.636 bits per heavy atom. The van der Waals surface area contributed by atoms with E-state index in [4.69, 9.17) is 28.4 Å². The van der Waals surface area contributed by atoms with E-state index in [-0.39, 0.29) is 58.1 Å². The summed E-state index contributed by atoms with van der Waals surface area (Å²) in [6, 6.07) is 0. The quantitative estimate of drug-likeness (QED) is 0.0862. The summed E-state index contributed by atoms with van der Waals surface area (Å²) in [5.74, 6) is 16.0. The number of rotatable bonds is 20. The minimum Gasteiger partial charge on any atom is -0.481 e. The van der Waals surface area contributed by atoms with Gasteiger partial charge in [0, 0.05) is 12.8 Å². The van der Waals surface area contributed by atoms with Crippen LogP contribution < -0.4 is 0 Å². The highest BCUT2D eigenvalue weighted by atomic mass is 16.7. The fourth-order valence-electron chi connectivity index (χ4n) is 28.9. The second-order valence-corrected chi connectivity index (χ2v) is 40.8. The molecule has 14 rings (SSSR count). The summed E-state index contributed by atoms with van der Waals surface area (Å²) in [6.45, 7) is 41.3. The predicted octanol–water partition coefficient (Wildman–Crippen LogP) is 22.3. The summed E-state index contributed by atoms with van der Waals surface area (Å²) >= 11 is 0. The van der Waals surface area contributed by atoms with Crippen LogP contribution in [0.1, 0.15) is 337 Å². The number of carboxylic acid groups (broad SMARTS) is 2. The Balaban J connectivity index is 0.000000150. The van der Waals surface area contributed by atoms with Crippen LogP contribution in [0.15, 0.2) is 0 Å². The van der Waals surface area contributed by atoms with E-state index in [0.29, 0.717) is 59.2 Å². The summed E-state index contributed by atoms with van der Waals surface area (Å²) in [5.41, 5.74) is -1.82. The normalized spacial score (nSPS) is 46.0. The molecule has 14 nitrogen and oxygen atoms in total. The van der Waals surface area contributed by atoms with Gasteiger partial charge in [0.25, 0.3) is 0 Å². The number of carbonyl (C=O) groups is 6. The summed E-state index contributed by atoms with van der Waals surface area (Å²) in [4.78, 5) is 72.4. The molecule has 0 amide bonds. The molecule has 0 spiro atoms. The number of hydrogen-bond donors (Lipinski definition) is 2. The van der Waals surface area contributed by atoms with E-state index in [9.17, 15) is 39.0 Å². The topological polar surface area (TPSA) is 198 Å². The fraction of sp³-hybridized carbons (Fsp3) is 0.935.